The van der Waals surface area contributed by atoms with Gasteiger partial charge >= 0.3 is 5.97 Å². The zero-order valence-corrected chi connectivity index (χ0v) is 15.6. The predicted octanol–water partition coefficient (Wildman–Crippen LogP) is 1.15. The number of ether oxygens (including phenoxy) is 1. The molecule has 1 aliphatic heterocycles. The van der Waals surface area contributed by atoms with Gasteiger partial charge in [0, 0.05) is 6.04 Å². The molecule has 0 bridgehead atoms. The van der Waals surface area contributed by atoms with Gasteiger partial charge in [-0.25, -0.2) is 13.4 Å². The predicted molar refractivity (Wildman–Crippen MR) is 95.5 cm³/mol. The average molecular weight is 398 g/mol. The van der Waals surface area contributed by atoms with E-state index in [0.29, 0.717) is 22.7 Å². The van der Waals surface area contributed by atoms with Crippen LogP contribution in [0.5, 0.6) is 0 Å². The summed E-state index contributed by atoms with van der Waals surface area (Å²) in [5.74, 6) is -1.16. The van der Waals surface area contributed by atoms with Crippen molar-refractivity contribution in [2.75, 3.05) is 17.3 Å². The molecule has 0 saturated carbocycles. The van der Waals surface area contributed by atoms with Crippen LogP contribution in [0.3, 0.4) is 0 Å². The fraction of sp³-hybridized carbons (Fsp3) is 0.438. The summed E-state index contributed by atoms with van der Waals surface area (Å²) in [7, 11) is -3.08. The van der Waals surface area contributed by atoms with Crippen molar-refractivity contribution in [2.24, 2.45) is 0 Å². The number of amides is 1. The molecule has 1 N–H and O–H groups in total. The molecule has 2 atom stereocenters. The second-order valence-corrected chi connectivity index (χ2v) is 9.13. The third-order valence-corrected chi connectivity index (χ3v) is 6.41. The molecule has 0 aliphatic carbocycles. The highest BCUT2D eigenvalue weighted by Crippen LogP contribution is 2.23. The van der Waals surface area contributed by atoms with E-state index in [9.17, 15) is 18.0 Å². The summed E-state index contributed by atoms with van der Waals surface area (Å²) in [6, 6.07) is 6.81. The Morgan fingerprint density at radius 1 is 1.42 bits per heavy atom. The zero-order valence-electron chi connectivity index (χ0n) is 14.0. The first-order chi connectivity index (χ1) is 12.3. The third kappa shape index (κ3) is 4.76. The molecule has 0 spiro atoms. The highest BCUT2D eigenvalue weighted by molar-refractivity contribution is 7.99. The van der Waals surface area contributed by atoms with E-state index in [0.717, 1.165) is 11.8 Å². The van der Waals surface area contributed by atoms with Crippen molar-refractivity contribution in [3.63, 3.8) is 0 Å². The number of hydrogen-bond donors (Lipinski definition) is 1. The lowest BCUT2D eigenvalue weighted by Gasteiger charge is -2.16. The normalized spacial score (nSPS) is 20.0. The molecular weight excluding hydrogens is 380 g/mol. The first-order valence-electron chi connectivity index (χ1n) is 8.01. The largest absolute Gasteiger partial charge is 0.452 e. The minimum Gasteiger partial charge on any atom is -0.452 e. The first-order valence-corrected chi connectivity index (χ1v) is 10.8. The van der Waals surface area contributed by atoms with E-state index < -0.39 is 33.9 Å². The first kappa shape index (κ1) is 18.7. The molecule has 26 heavy (non-hydrogen) atoms. The molecule has 1 aromatic heterocycles. The molecular formula is C16H18N2O6S2. The van der Waals surface area contributed by atoms with Crippen LogP contribution in [0.4, 0.5) is 0 Å². The maximum Gasteiger partial charge on any atom is 0.317 e. The molecule has 8 nitrogen and oxygen atoms in total. The Morgan fingerprint density at radius 3 is 2.88 bits per heavy atom. The van der Waals surface area contributed by atoms with Crippen LogP contribution in [0.1, 0.15) is 13.3 Å². The van der Waals surface area contributed by atoms with Gasteiger partial charge in [0.2, 0.25) is 0 Å². The van der Waals surface area contributed by atoms with E-state index in [4.69, 9.17) is 9.15 Å². The van der Waals surface area contributed by atoms with Crippen molar-refractivity contribution in [1.29, 1.82) is 0 Å². The molecule has 140 valence electrons. The molecule has 2 aromatic rings. The van der Waals surface area contributed by atoms with E-state index in [1.54, 1.807) is 12.1 Å². The Morgan fingerprint density at radius 2 is 2.19 bits per heavy atom. The quantitative estimate of drug-likeness (QED) is 0.569. The molecule has 0 unspecified atom stereocenters. The smallest absolute Gasteiger partial charge is 0.317 e. The highest BCUT2D eigenvalue weighted by Gasteiger charge is 2.30. The van der Waals surface area contributed by atoms with E-state index in [-0.39, 0.29) is 17.3 Å². The Kier molecular flexibility index (Phi) is 5.52. The number of thioether (sulfide) groups is 1. The van der Waals surface area contributed by atoms with Gasteiger partial charge in [0.1, 0.15) is 11.3 Å². The number of nitrogens with zero attached hydrogens (tertiary/aromatic N) is 1. The maximum absolute atomic E-state index is 12.0. The van der Waals surface area contributed by atoms with Crippen LogP contribution in [0.15, 0.2) is 33.9 Å². The van der Waals surface area contributed by atoms with Crippen molar-refractivity contribution in [2.45, 2.75) is 30.7 Å². The van der Waals surface area contributed by atoms with Crippen molar-refractivity contribution < 1.29 is 27.2 Å². The minimum atomic E-state index is -3.08. The molecule has 1 aliphatic rings. The van der Waals surface area contributed by atoms with Crippen molar-refractivity contribution >= 4 is 44.6 Å². The van der Waals surface area contributed by atoms with Crippen LogP contribution in [-0.4, -0.2) is 54.7 Å². The van der Waals surface area contributed by atoms with Gasteiger partial charge in [0.05, 0.1) is 11.5 Å². The van der Waals surface area contributed by atoms with Gasteiger partial charge in [-0.2, -0.15) is 0 Å². The molecule has 2 heterocycles. The number of sulfone groups is 1. The van der Waals surface area contributed by atoms with Crippen LogP contribution in [0.2, 0.25) is 0 Å². The second-order valence-electron chi connectivity index (χ2n) is 5.98. The fourth-order valence-electron chi connectivity index (χ4n) is 2.55. The highest BCUT2D eigenvalue weighted by atomic mass is 32.2. The maximum atomic E-state index is 12.0. The number of aromatic nitrogens is 1. The van der Waals surface area contributed by atoms with Gasteiger partial charge in [-0.3, -0.25) is 9.59 Å². The summed E-state index contributed by atoms with van der Waals surface area (Å²) >= 11 is 1.08. The second kappa shape index (κ2) is 7.67. The third-order valence-electron chi connectivity index (χ3n) is 3.84. The molecule has 1 saturated heterocycles. The van der Waals surface area contributed by atoms with Crippen molar-refractivity contribution in [1.82, 2.24) is 10.3 Å². The summed E-state index contributed by atoms with van der Waals surface area (Å²) in [5.41, 5.74) is 1.32. The summed E-state index contributed by atoms with van der Waals surface area (Å²) < 4.78 is 33.4. The lowest BCUT2D eigenvalue weighted by atomic mass is 10.2. The summed E-state index contributed by atoms with van der Waals surface area (Å²) in [6.07, 6.45) is -0.627. The number of esters is 1. The van der Waals surface area contributed by atoms with Crippen LogP contribution < -0.4 is 5.32 Å². The van der Waals surface area contributed by atoms with Crippen LogP contribution in [0, 0.1) is 0 Å². The minimum absolute atomic E-state index is 0.0533. The van der Waals surface area contributed by atoms with Gasteiger partial charge in [-0.05, 0) is 25.5 Å². The standard InChI is InChI=1S/C16H18N2O6S2/c1-10(15(20)17-11-6-7-26(21,22)9-11)23-14(19)8-25-16-18-12-4-2-3-5-13(12)24-16/h2-5,10-11H,6-9H2,1H3,(H,17,20)/t10-,11+/m1/s1. The lowest BCUT2D eigenvalue weighted by Crippen LogP contribution is -2.42. The zero-order chi connectivity index (χ0) is 18.7. The SMILES string of the molecule is C[C@@H](OC(=O)CSc1nc2ccccc2o1)C(=O)N[C@H]1CCS(=O)(=O)C1. The van der Waals surface area contributed by atoms with Crippen molar-refractivity contribution in [3.05, 3.63) is 24.3 Å². The Bertz CT molecular complexity index is 891. The van der Waals surface area contributed by atoms with Gasteiger partial charge in [0.25, 0.3) is 11.1 Å². The van der Waals surface area contributed by atoms with E-state index in [1.807, 2.05) is 12.1 Å². The average Bonchev–Trinajstić information content (AvgIpc) is 3.15. The molecule has 1 aromatic carbocycles. The van der Waals surface area contributed by atoms with Gasteiger partial charge in [-0.15, -0.1) is 0 Å². The lowest BCUT2D eigenvalue weighted by molar-refractivity contribution is -0.152. The monoisotopic (exact) mass is 398 g/mol. The molecule has 10 heteroatoms. The topological polar surface area (TPSA) is 116 Å². The van der Waals surface area contributed by atoms with Crippen LogP contribution in [-0.2, 0) is 24.2 Å². The Balaban J connectivity index is 1.45. The number of benzene rings is 1. The number of fused-ring (bicyclic) bond motifs is 1. The van der Waals surface area contributed by atoms with Gasteiger partial charge < -0.3 is 14.5 Å². The molecule has 1 amide bonds. The molecule has 3 rings (SSSR count). The van der Waals surface area contributed by atoms with E-state index >= 15 is 0 Å². The van der Waals surface area contributed by atoms with E-state index in [1.165, 1.54) is 6.92 Å². The fourth-order valence-corrected chi connectivity index (χ4v) is 4.84. The number of oxazole rings is 1. The number of rotatable bonds is 6. The number of hydrogen-bond acceptors (Lipinski definition) is 8. The number of nitrogens with one attached hydrogen (secondary N) is 1. The van der Waals surface area contributed by atoms with Gasteiger partial charge in [-0.1, -0.05) is 23.9 Å². The molecule has 1 fully saturated rings. The summed E-state index contributed by atoms with van der Waals surface area (Å²) in [4.78, 5) is 28.1. The van der Waals surface area contributed by atoms with Crippen LogP contribution >= 0.6 is 11.8 Å². The van der Waals surface area contributed by atoms with Crippen molar-refractivity contribution in [3.8, 4) is 0 Å². The van der Waals surface area contributed by atoms with Gasteiger partial charge in [0.15, 0.2) is 21.5 Å². The molecule has 0 radical (unpaired) electrons. The van der Waals surface area contributed by atoms with Crippen LogP contribution in [0.25, 0.3) is 11.1 Å². The number of para-hydroxylation sites is 2. The number of carbonyl (C=O) groups excluding carboxylic acids is 2. The summed E-state index contributed by atoms with van der Waals surface area (Å²) in [5, 5.41) is 2.94. The Labute approximate surface area is 154 Å². The Hall–Kier alpha value is -2.07. The number of carbonyl (C=O) groups is 2. The van der Waals surface area contributed by atoms with E-state index in [2.05, 4.69) is 10.3 Å². The summed E-state index contributed by atoms with van der Waals surface area (Å²) in [6.45, 7) is 1.45.